The van der Waals surface area contributed by atoms with Gasteiger partial charge in [0.2, 0.25) is 0 Å². The van der Waals surface area contributed by atoms with E-state index in [1.807, 2.05) is 74.5 Å². The first-order valence-corrected chi connectivity index (χ1v) is 13.7. The molecule has 204 valence electrons. The Morgan fingerprint density at radius 3 is 2.26 bits per heavy atom. The van der Waals surface area contributed by atoms with Crippen LogP contribution in [-0.2, 0) is 9.59 Å². The highest BCUT2D eigenvalue weighted by atomic mass is 16.5. The van der Waals surface area contributed by atoms with Crippen LogP contribution >= 0.6 is 0 Å². The van der Waals surface area contributed by atoms with Crippen LogP contribution in [0.5, 0.6) is 5.75 Å². The molecule has 1 N–H and O–H groups in total. The summed E-state index contributed by atoms with van der Waals surface area (Å²) in [6.45, 7) is 14.4. The molecule has 4 rings (SSSR count). The van der Waals surface area contributed by atoms with E-state index in [0.29, 0.717) is 17.9 Å². The van der Waals surface area contributed by atoms with Crippen LogP contribution < -0.4 is 14.5 Å². The van der Waals surface area contributed by atoms with Crippen LogP contribution in [0.4, 0.5) is 11.4 Å². The second-order valence-electron chi connectivity index (χ2n) is 10.1. The van der Waals surface area contributed by atoms with Crippen LogP contribution in [0.25, 0.3) is 5.76 Å². The topological polar surface area (TPSA) is 70.1 Å². The fourth-order valence-corrected chi connectivity index (χ4v) is 5.24. The zero-order valence-electron chi connectivity index (χ0n) is 23.7. The molecule has 6 nitrogen and oxygen atoms in total. The summed E-state index contributed by atoms with van der Waals surface area (Å²) in [6, 6.07) is 20.1. The van der Waals surface area contributed by atoms with Gasteiger partial charge >= 0.3 is 0 Å². The molecule has 0 saturated carbocycles. The number of aliphatic hydroxyl groups excluding tert-OH is 1. The van der Waals surface area contributed by atoms with Gasteiger partial charge in [-0.15, -0.1) is 0 Å². The van der Waals surface area contributed by atoms with Crippen molar-refractivity contribution in [1.82, 2.24) is 0 Å². The number of nitrogens with zero attached hydrogens (tertiary/aromatic N) is 2. The monoisotopic (exact) mass is 526 g/mol. The van der Waals surface area contributed by atoms with Gasteiger partial charge in [0.15, 0.2) is 0 Å². The van der Waals surface area contributed by atoms with Crippen LogP contribution in [0.1, 0.15) is 68.8 Å². The number of Topliss-reactive ketones (excluding diaryl/α,β-unsaturated/α-hetero) is 1. The van der Waals surface area contributed by atoms with Gasteiger partial charge in [0.05, 0.1) is 18.2 Å². The average Bonchev–Trinajstić information content (AvgIpc) is 3.19. The summed E-state index contributed by atoms with van der Waals surface area (Å²) < 4.78 is 5.79. The van der Waals surface area contributed by atoms with Gasteiger partial charge in [-0.3, -0.25) is 14.5 Å². The van der Waals surface area contributed by atoms with E-state index in [1.165, 1.54) is 4.90 Å². The number of aryl methyl sites for hydroxylation is 1. The summed E-state index contributed by atoms with van der Waals surface area (Å²) in [6.07, 6.45) is 0. The lowest BCUT2D eigenvalue weighted by Gasteiger charge is -2.27. The fourth-order valence-electron chi connectivity index (χ4n) is 5.24. The number of aliphatic hydroxyl groups is 1. The lowest BCUT2D eigenvalue weighted by atomic mass is 9.93. The molecule has 1 unspecified atom stereocenters. The molecule has 1 amide bonds. The van der Waals surface area contributed by atoms with E-state index >= 15 is 0 Å². The number of carbonyl (C=O) groups excluding carboxylic acids is 2. The van der Waals surface area contributed by atoms with Crippen LogP contribution in [0.15, 0.2) is 72.3 Å². The van der Waals surface area contributed by atoms with E-state index in [9.17, 15) is 14.7 Å². The highest BCUT2D eigenvalue weighted by Gasteiger charge is 2.47. The van der Waals surface area contributed by atoms with Gasteiger partial charge < -0.3 is 14.7 Å². The van der Waals surface area contributed by atoms with Gasteiger partial charge in [0.25, 0.3) is 11.7 Å². The van der Waals surface area contributed by atoms with Crippen LogP contribution in [0.2, 0.25) is 0 Å². The Bertz CT molecular complexity index is 1390. The number of carbonyl (C=O) groups is 2. The zero-order chi connectivity index (χ0) is 28.3. The zero-order valence-corrected chi connectivity index (χ0v) is 23.7. The van der Waals surface area contributed by atoms with Crippen molar-refractivity contribution in [3.63, 3.8) is 0 Å². The normalized spacial score (nSPS) is 16.7. The predicted octanol–water partition coefficient (Wildman–Crippen LogP) is 6.99. The maximum Gasteiger partial charge on any atom is 0.300 e. The molecule has 3 aromatic carbocycles. The molecule has 1 saturated heterocycles. The largest absolute Gasteiger partial charge is 0.507 e. The molecule has 0 aromatic heterocycles. The Hall–Kier alpha value is -4.06. The van der Waals surface area contributed by atoms with Crippen LogP contribution in [0.3, 0.4) is 0 Å². The van der Waals surface area contributed by atoms with E-state index in [2.05, 4.69) is 32.6 Å². The SMILES string of the molecule is CCOc1ccc(/C(O)=C2/C(=O)C(=O)N(c3cccc(C)c3)C2c2ccc(N(CC)CC)cc2)cc1C(C)C. The Morgan fingerprint density at radius 1 is 0.974 bits per heavy atom. The first-order chi connectivity index (χ1) is 18.7. The van der Waals surface area contributed by atoms with E-state index in [4.69, 9.17) is 4.74 Å². The van der Waals surface area contributed by atoms with E-state index in [0.717, 1.165) is 41.2 Å². The molecule has 0 bridgehead atoms. The van der Waals surface area contributed by atoms with Crippen LogP contribution in [-0.4, -0.2) is 36.5 Å². The Kier molecular flexibility index (Phi) is 8.44. The second kappa shape index (κ2) is 11.8. The maximum atomic E-state index is 13.6. The Balaban J connectivity index is 1.91. The number of amides is 1. The van der Waals surface area contributed by atoms with Gasteiger partial charge in [-0.1, -0.05) is 38.1 Å². The number of anilines is 2. The van der Waals surface area contributed by atoms with E-state index in [1.54, 1.807) is 6.07 Å². The molecule has 0 aliphatic carbocycles. The quantitative estimate of drug-likeness (QED) is 0.185. The van der Waals surface area contributed by atoms with E-state index < -0.39 is 17.7 Å². The summed E-state index contributed by atoms with van der Waals surface area (Å²) in [5, 5.41) is 11.6. The lowest BCUT2D eigenvalue weighted by molar-refractivity contribution is -0.132. The number of hydrogen-bond donors (Lipinski definition) is 1. The molecular weight excluding hydrogens is 488 g/mol. The van der Waals surface area contributed by atoms with Crippen LogP contribution in [0, 0.1) is 6.92 Å². The van der Waals surface area contributed by atoms with Gasteiger partial charge in [-0.2, -0.15) is 0 Å². The van der Waals surface area contributed by atoms with Crippen molar-refractivity contribution >= 4 is 28.8 Å². The van der Waals surface area contributed by atoms with Crippen molar-refractivity contribution in [3.8, 4) is 5.75 Å². The van der Waals surface area contributed by atoms with Crippen molar-refractivity contribution in [1.29, 1.82) is 0 Å². The molecule has 6 heteroatoms. The first kappa shape index (κ1) is 28.0. The first-order valence-electron chi connectivity index (χ1n) is 13.7. The van der Waals surface area contributed by atoms with Gasteiger partial charge in [0, 0.05) is 30.0 Å². The molecule has 1 heterocycles. The molecule has 0 radical (unpaired) electrons. The molecule has 0 spiro atoms. The number of ketones is 1. The molecular formula is C33H38N2O4. The molecule has 3 aromatic rings. The molecule has 39 heavy (non-hydrogen) atoms. The smallest absolute Gasteiger partial charge is 0.300 e. The van der Waals surface area contributed by atoms with Gasteiger partial charge in [0.1, 0.15) is 11.5 Å². The third-order valence-corrected chi connectivity index (χ3v) is 7.27. The third-order valence-electron chi connectivity index (χ3n) is 7.27. The molecule has 1 atom stereocenters. The fraction of sp³-hybridized carbons (Fsp3) is 0.333. The van der Waals surface area contributed by atoms with Crippen molar-refractivity contribution in [2.75, 3.05) is 29.5 Å². The van der Waals surface area contributed by atoms with Crippen molar-refractivity contribution in [2.24, 2.45) is 0 Å². The van der Waals surface area contributed by atoms with Crippen molar-refractivity contribution in [2.45, 2.75) is 53.5 Å². The number of rotatable bonds is 9. The van der Waals surface area contributed by atoms with Crippen molar-refractivity contribution < 1.29 is 19.4 Å². The second-order valence-corrected chi connectivity index (χ2v) is 10.1. The summed E-state index contributed by atoms with van der Waals surface area (Å²) in [4.78, 5) is 30.9. The summed E-state index contributed by atoms with van der Waals surface area (Å²) in [7, 11) is 0. The molecule has 1 aliphatic heterocycles. The summed E-state index contributed by atoms with van der Waals surface area (Å²) in [5.74, 6) is -0.668. The lowest BCUT2D eigenvalue weighted by Crippen LogP contribution is -2.29. The Morgan fingerprint density at radius 2 is 1.67 bits per heavy atom. The molecule has 1 fully saturated rings. The molecule has 1 aliphatic rings. The average molecular weight is 527 g/mol. The number of benzene rings is 3. The van der Waals surface area contributed by atoms with E-state index in [-0.39, 0.29) is 17.3 Å². The maximum absolute atomic E-state index is 13.6. The minimum atomic E-state index is -0.772. The van der Waals surface area contributed by atoms with Gasteiger partial charge in [-0.25, -0.2) is 0 Å². The highest BCUT2D eigenvalue weighted by molar-refractivity contribution is 6.51. The third kappa shape index (κ3) is 5.42. The summed E-state index contributed by atoms with van der Waals surface area (Å²) >= 11 is 0. The number of ether oxygens (including phenoxy) is 1. The predicted molar refractivity (Wildman–Crippen MR) is 158 cm³/mol. The highest BCUT2D eigenvalue weighted by Crippen LogP contribution is 2.43. The van der Waals surface area contributed by atoms with Gasteiger partial charge in [-0.05, 0) is 92.8 Å². The minimum absolute atomic E-state index is 0.0796. The summed E-state index contributed by atoms with van der Waals surface area (Å²) in [5.41, 5.74) is 4.88. The standard InChI is InChI=1S/C33H38N2O4/c1-7-34(8-2)25-16-13-23(14-17-25)30-29(32(37)33(38)35(30)26-12-10-11-22(6)19-26)31(36)24-15-18-28(39-9-3)27(20-24)21(4)5/h10-21,30,36H,7-9H2,1-6H3/b31-29-. The van der Waals surface area contributed by atoms with Crippen molar-refractivity contribution in [3.05, 3.63) is 94.6 Å². The Labute approximate surface area is 231 Å². The minimum Gasteiger partial charge on any atom is -0.507 e. The number of hydrogen-bond acceptors (Lipinski definition) is 5.